The highest BCUT2D eigenvalue weighted by atomic mass is 16.5. The van der Waals surface area contributed by atoms with E-state index < -0.39 is 0 Å². The molecular weight excluding hydrogens is 380 g/mol. The number of ether oxygens (including phenoxy) is 2. The summed E-state index contributed by atoms with van der Waals surface area (Å²) >= 11 is 0. The number of nitrogens with zero attached hydrogens (tertiary/aromatic N) is 2. The monoisotopic (exact) mass is 414 g/mol. The highest BCUT2D eigenvalue weighted by Crippen LogP contribution is 2.16. The molecule has 7 nitrogen and oxygen atoms in total. The molecule has 2 heterocycles. The molecule has 1 saturated heterocycles. The van der Waals surface area contributed by atoms with Crippen LogP contribution in [0.4, 0.5) is 5.69 Å². The van der Waals surface area contributed by atoms with Crippen LogP contribution in [0.3, 0.4) is 0 Å². The number of furan rings is 1. The molecule has 7 heteroatoms. The maximum absolute atomic E-state index is 5.72. The van der Waals surface area contributed by atoms with Gasteiger partial charge in [-0.1, -0.05) is 0 Å². The van der Waals surface area contributed by atoms with Crippen LogP contribution in [0.2, 0.25) is 0 Å². The van der Waals surface area contributed by atoms with Gasteiger partial charge in [-0.2, -0.15) is 0 Å². The highest BCUT2D eigenvalue weighted by Gasteiger charge is 2.09. The fourth-order valence-corrected chi connectivity index (χ4v) is 3.23. The minimum atomic E-state index is 0.163. The minimum Gasteiger partial charge on any atom is -0.491 e. The summed E-state index contributed by atoms with van der Waals surface area (Å²) in [6.07, 6.45) is 3.69. The Morgan fingerprint density at radius 2 is 1.97 bits per heavy atom. The molecule has 164 valence electrons. The second-order valence-electron chi connectivity index (χ2n) is 7.61. The van der Waals surface area contributed by atoms with E-state index in [2.05, 4.69) is 15.5 Å². The summed E-state index contributed by atoms with van der Waals surface area (Å²) in [4.78, 5) is 7.20. The van der Waals surface area contributed by atoms with Crippen LogP contribution in [0.15, 0.2) is 52.1 Å². The first-order valence-electron chi connectivity index (χ1n) is 10.8. The SMILES string of the molecule is CC(C)Oc1ccc(NC(=NCCCN2CCOCC2)NCCc2ccco2)cc1. The maximum atomic E-state index is 5.72. The summed E-state index contributed by atoms with van der Waals surface area (Å²) < 4.78 is 16.5. The van der Waals surface area contributed by atoms with Crippen molar-refractivity contribution < 1.29 is 13.9 Å². The predicted molar refractivity (Wildman–Crippen MR) is 120 cm³/mol. The standard InChI is InChI=1S/C23H34N4O3/c1-19(2)30-22-8-6-20(7-9-22)26-23(25-12-10-21-5-3-16-29-21)24-11-4-13-27-14-17-28-18-15-27/h3,5-9,16,19H,4,10-15,17-18H2,1-2H3,(H2,24,25,26). The van der Waals surface area contributed by atoms with E-state index in [1.165, 1.54) is 0 Å². The average molecular weight is 415 g/mol. The summed E-state index contributed by atoms with van der Waals surface area (Å²) in [5.41, 5.74) is 0.975. The van der Waals surface area contributed by atoms with E-state index in [1.807, 2.05) is 50.2 Å². The van der Waals surface area contributed by atoms with Crippen LogP contribution in [-0.4, -0.2) is 62.9 Å². The second kappa shape index (κ2) is 12.2. The molecule has 0 spiro atoms. The van der Waals surface area contributed by atoms with Crippen molar-refractivity contribution >= 4 is 11.6 Å². The van der Waals surface area contributed by atoms with Crippen LogP contribution in [0.25, 0.3) is 0 Å². The summed E-state index contributed by atoms with van der Waals surface area (Å²) in [5, 5.41) is 6.80. The first kappa shape index (κ1) is 22.2. The van der Waals surface area contributed by atoms with Gasteiger partial charge < -0.3 is 24.5 Å². The minimum absolute atomic E-state index is 0.163. The quantitative estimate of drug-likeness (QED) is 0.353. The van der Waals surface area contributed by atoms with Crippen molar-refractivity contribution in [2.24, 2.45) is 4.99 Å². The molecule has 0 atom stereocenters. The lowest BCUT2D eigenvalue weighted by Crippen LogP contribution is -2.37. The zero-order chi connectivity index (χ0) is 21.0. The number of rotatable bonds is 10. The van der Waals surface area contributed by atoms with Gasteiger partial charge in [0.1, 0.15) is 11.5 Å². The van der Waals surface area contributed by atoms with Gasteiger partial charge in [-0.15, -0.1) is 0 Å². The van der Waals surface area contributed by atoms with Gasteiger partial charge in [0.05, 0.1) is 25.6 Å². The third kappa shape index (κ3) is 8.08. The highest BCUT2D eigenvalue weighted by molar-refractivity contribution is 5.93. The third-order valence-corrected chi connectivity index (χ3v) is 4.74. The van der Waals surface area contributed by atoms with E-state index in [9.17, 15) is 0 Å². The molecule has 1 aromatic heterocycles. The van der Waals surface area contributed by atoms with Crippen LogP contribution >= 0.6 is 0 Å². The number of hydrogen-bond acceptors (Lipinski definition) is 5. The lowest BCUT2D eigenvalue weighted by atomic mass is 10.3. The van der Waals surface area contributed by atoms with E-state index in [0.717, 1.165) is 81.9 Å². The summed E-state index contributed by atoms with van der Waals surface area (Å²) in [7, 11) is 0. The summed E-state index contributed by atoms with van der Waals surface area (Å²) in [5.74, 6) is 2.61. The molecule has 0 aliphatic carbocycles. The Balaban J connectivity index is 1.51. The molecule has 1 aliphatic rings. The maximum Gasteiger partial charge on any atom is 0.195 e. The molecule has 0 bridgehead atoms. The third-order valence-electron chi connectivity index (χ3n) is 4.74. The van der Waals surface area contributed by atoms with Crippen LogP contribution in [0.5, 0.6) is 5.75 Å². The number of aliphatic imine (C=N–C) groups is 1. The molecule has 0 saturated carbocycles. The van der Waals surface area contributed by atoms with Crippen molar-refractivity contribution in [2.45, 2.75) is 32.8 Å². The van der Waals surface area contributed by atoms with Crippen molar-refractivity contribution in [3.05, 3.63) is 48.4 Å². The van der Waals surface area contributed by atoms with E-state index in [1.54, 1.807) is 6.26 Å². The Kier molecular flexibility index (Phi) is 9.05. The van der Waals surface area contributed by atoms with Crippen molar-refractivity contribution in [3.8, 4) is 5.75 Å². The number of guanidine groups is 1. The Morgan fingerprint density at radius 3 is 2.67 bits per heavy atom. The zero-order valence-electron chi connectivity index (χ0n) is 18.1. The van der Waals surface area contributed by atoms with Crippen molar-refractivity contribution in [3.63, 3.8) is 0 Å². The van der Waals surface area contributed by atoms with Crippen LogP contribution < -0.4 is 15.4 Å². The van der Waals surface area contributed by atoms with E-state index in [0.29, 0.717) is 0 Å². The van der Waals surface area contributed by atoms with Gasteiger partial charge in [0.25, 0.3) is 0 Å². The molecule has 0 unspecified atom stereocenters. The van der Waals surface area contributed by atoms with Gasteiger partial charge in [0.15, 0.2) is 5.96 Å². The Hall–Kier alpha value is -2.51. The topological polar surface area (TPSA) is 71.3 Å². The molecule has 0 amide bonds. The second-order valence-corrected chi connectivity index (χ2v) is 7.61. The summed E-state index contributed by atoms with van der Waals surface area (Å²) in [6.45, 7) is 10.3. The molecule has 2 aromatic rings. The zero-order valence-corrected chi connectivity index (χ0v) is 18.1. The number of benzene rings is 1. The predicted octanol–water partition coefficient (Wildman–Crippen LogP) is 3.39. The average Bonchev–Trinajstić information content (AvgIpc) is 3.26. The summed E-state index contributed by atoms with van der Waals surface area (Å²) in [6, 6.07) is 11.9. The van der Waals surface area contributed by atoms with Crippen LogP contribution in [-0.2, 0) is 11.2 Å². The molecule has 0 radical (unpaired) electrons. The number of nitrogens with one attached hydrogen (secondary N) is 2. The lowest BCUT2D eigenvalue weighted by Gasteiger charge is -2.26. The van der Waals surface area contributed by atoms with Gasteiger partial charge in [0, 0.05) is 44.8 Å². The Morgan fingerprint density at radius 1 is 1.17 bits per heavy atom. The first-order valence-corrected chi connectivity index (χ1v) is 10.8. The van der Waals surface area contributed by atoms with Gasteiger partial charge in [0.2, 0.25) is 0 Å². The molecule has 1 fully saturated rings. The van der Waals surface area contributed by atoms with Gasteiger partial charge >= 0.3 is 0 Å². The number of anilines is 1. The van der Waals surface area contributed by atoms with Crippen molar-refractivity contribution in [1.82, 2.24) is 10.2 Å². The fraction of sp³-hybridized carbons (Fsp3) is 0.522. The smallest absolute Gasteiger partial charge is 0.195 e. The normalized spacial score (nSPS) is 15.4. The van der Waals surface area contributed by atoms with E-state index in [4.69, 9.17) is 18.9 Å². The van der Waals surface area contributed by atoms with Crippen molar-refractivity contribution in [1.29, 1.82) is 0 Å². The lowest BCUT2D eigenvalue weighted by molar-refractivity contribution is 0.0377. The van der Waals surface area contributed by atoms with Gasteiger partial charge in [-0.3, -0.25) is 9.89 Å². The first-order chi connectivity index (χ1) is 14.7. The fourth-order valence-electron chi connectivity index (χ4n) is 3.23. The van der Waals surface area contributed by atoms with E-state index in [-0.39, 0.29) is 6.10 Å². The van der Waals surface area contributed by atoms with Crippen LogP contribution in [0, 0.1) is 0 Å². The molecular formula is C23H34N4O3. The van der Waals surface area contributed by atoms with Gasteiger partial charge in [-0.25, -0.2) is 0 Å². The molecule has 2 N–H and O–H groups in total. The van der Waals surface area contributed by atoms with Crippen molar-refractivity contribution in [2.75, 3.05) is 51.3 Å². The van der Waals surface area contributed by atoms with Crippen LogP contribution in [0.1, 0.15) is 26.0 Å². The Labute approximate surface area is 179 Å². The molecule has 30 heavy (non-hydrogen) atoms. The number of hydrogen-bond donors (Lipinski definition) is 2. The molecule has 1 aliphatic heterocycles. The van der Waals surface area contributed by atoms with E-state index >= 15 is 0 Å². The molecule has 3 rings (SSSR count). The molecule has 1 aromatic carbocycles. The Bertz CT molecular complexity index is 738. The number of morpholine rings is 1. The van der Waals surface area contributed by atoms with Gasteiger partial charge in [-0.05, 0) is 56.7 Å². The largest absolute Gasteiger partial charge is 0.491 e.